The summed E-state index contributed by atoms with van der Waals surface area (Å²) in [4.78, 5) is 23.8. The molecule has 3 aromatic rings. The molecule has 0 saturated heterocycles. The number of halogens is 1. The molecule has 1 heterocycles. The van der Waals surface area contributed by atoms with Crippen LogP contribution in [0.2, 0.25) is 5.02 Å². The smallest absolute Gasteiger partial charge is 0.413 e. The number of carbonyl (C=O) groups excluding carboxylic acids is 1. The molecule has 3 N–H and O–H groups in total. The lowest BCUT2D eigenvalue weighted by Crippen LogP contribution is -2.28. The number of nitrogens with zero attached hydrogens (tertiary/aromatic N) is 1. The minimum Gasteiger partial charge on any atom is -0.508 e. The molecule has 3 rings (SSSR count). The van der Waals surface area contributed by atoms with Crippen molar-refractivity contribution in [2.24, 2.45) is 0 Å². The number of rotatable bonds is 4. The van der Waals surface area contributed by atoms with E-state index in [0.717, 1.165) is 5.56 Å². The first-order chi connectivity index (χ1) is 12.5. The molecule has 0 radical (unpaired) electrons. The second kappa shape index (κ2) is 7.71. The summed E-state index contributed by atoms with van der Waals surface area (Å²) >= 11 is 5.80. The van der Waals surface area contributed by atoms with Crippen molar-refractivity contribution in [2.75, 3.05) is 0 Å². The Labute approximate surface area is 153 Å². The Bertz CT molecular complexity index is 969. The summed E-state index contributed by atoms with van der Waals surface area (Å²) in [5, 5.41) is 18.7. The van der Waals surface area contributed by atoms with Gasteiger partial charge in [0.25, 0.3) is 0 Å². The predicted molar refractivity (Wildman–Crippen MR) is 96.3 cm³/mol. The number of aromatic amines is 1. The SMILES string of the molecule is O=C(NCc1ccc(Cl)cc1)Oc1cc(-c2ccc(O)cc2)n[nH]c1=O. The number of benzene rings is 2. The van der Waals surface area contributed by atoms with Gasteiger partial charge in [0.2, 0.25) is 5.75 Å². The second-order valence-corrected chi connectivity index (χ2v) is 5.80. The number of aromatic hydroxyl groups is 1. The van der Waals surface area contributed by atoms with Crippen molar-refractivity contribution in [3.63, 3.8) is 0 Å². The summed E-state index contributed by atoms with van der Waals surface area (Å²) in [6.45, 7) is 0.226. The first-order valence-electron chi connectivity index (χ1n) is 7.60. The molecule has 0 aliphatic heterocycles. The molecule has 2 aromatic carbocycles. The van der Waals surface area contributed by atoms with Gasteiger partial charge in [0, 0.05) is 23.2 Å². The van der Waals surface area contributed by atoms with E-state index in [1.54, 1.807) is 36.4 Å². The number of ether oxygens (including phenoxy) is 1. The fourth-order valence-electron chi connectivity index (χ4n) is 2.16. The van der Waals surface area contributed by atoms with E-state index in [1.165, 1.54) is 18.2 Å². The van der Waals surface area contributed by atoms with Gasteiger partial charge in [-0.15, -0.1) is 0 Å². The largest absolute Gasteiger partial charge is 0.508 e. The Kier molecular flexibility index (Phi) is 5.19. The molecule has 0 aliphatic carbocycles. The predicted octanol–water partition coefficient (Wildman–Crippen LogP) is 3.08. The third-order valence-corrected chi connectivity index (χ3v) is 3.74. The average Bonchev–Trinajstić information content (AvgIpc) is 2.64. The normalized spacial score (nSPS) is 10.3. The van der Waals surface area contributed by atoms with Crippen molar-refractivity contribution < 1.29 is 14.6 Å². The highest BCUT2D eigenvalue weighted by molar-refractivity contribution is 6.30. The van der Waals surface area contributed by atoms with E-state index >= 15 is 0 Å². The molecule has 8 heteroatoms. The first-order valence-corrected chi connectivity index (χ1v) is 7.98. The highest BCUT2D eigenvalue weighted by Gasteiger charge is 2.11. The molecular weight excluding hydrogens is 358 g/mol. The third-order valence-electron chi connectivity index (χ3n) is 3.49. The van der Waals surface area contributed by atoms with E-state index in [2.05, 4.69) is 15.5 Å². The Morgan fingerprint density at radius 3 is 2.54 bits per heavy atom. The molecule has 132 valence electrons. The maximum absolute atomic E-state index is 11.9. The van der Waals surface area contributed by atoms with Crippen LogP contribution in [0.1, 0.15) is 5.56 Å². The van der Waals surface area contributed by atoms with Crippen molar-refractivity contribution in [3.8, 4) is 22.8 Å². The Morgan fingerprint density at radius 1 is 1.15 bits per heavy atom. The number of carbonyl (C=O) groups is 1. The molecule has 0 spiro atoms. The van der Waals surface area contributed by atoms with Gasteiger partial charge in [-0.1, -0.05) is 23.7 Å². The van der Waals surface area contributed by atoms with Gasteiger partial charge >= 0.3 is 11.7 Å². The molecule has 26 heavy (non-hydrogen) atoms. The van der Waals surface area contributed by atoms with E-state index in [1.807, 2.05) is 0 Å². The number of nitrogens with one attached hydrogen (secondary N) is 2. The average molecular weight is 372 g/mol. The maximum Gasteiger partial charge on any atom is 0.413 e. The standard InChI is InChI=1S/C18H14ClN3O4/c19-13-5-1-11(2-6-13)10-20-18(25)26-16-9-15(21-22-17(16)24)12-3-7-14(23)8-4-12/h1-9,23H,10H2,(H,20,25)(H,22,24). The molecule has 0 unspecified atom stereocenters. The molecule has 0 atom stereocenters. The second-order valence-electron chi connectivity index (χ2n) is 5.36. The van der Waals surface area contributed by atoms with E-state index in [0.29, 0.717) is 16.3 Å². The molecular formula is C18H14ClN3O4. The summed E-state index contributed by atoms with van der Waals surface area (Å²) in [6, 6.07) is 14.5. The molecule has 0 aliphatic rings. The maximum atomic E-state index is 11.9. The summed E-state index contributed by atoms with van der Waals surface area (Å²) in [5.41, 5.74) is 1.24. The first kappa shape index (κ1) is 17.5. The van der Waals surface area contributed by atoms with Crippen LogP contribution in [-0.4, -0.2) is 21.4 Å². The lowest BCUT2D eigenvalue weighted by Gasteiger charge is -2.07. The summed E-state index contributed by atoms with van der Waals surface area (Å²) < 4.78 is 5.07. The number of phenols is 1. The zero-order valence-corrected chi connectivity index (χ0v) is 14.2. The van der Waals surface area contributed by atoms with Gasteiger partial charge in [-0.25, -0.2) is 9.89 Å². The number of aromatic nitrogens is 2. The van der Waals surface area contributed by atoms with Crippen LogP contribution < -0.4 is 15.6 Å². The van der Waals surface area contributed by atoms with Crippen LogP contribution in [-0.2, 0) is 6.54 Å². The van der Waals surface area contributed by atoms with Crippen LogP contribution in [0.25, 0.3) is 11.3 Å². The van der Waals surface area contributed by atoms with Gasteiger partial charge in [0.15, 0.2) is 0 Å². The molecule has 1 aromatic heterocycles. The molecule has 1 amide bonds. The van der Waals surface area contributed by atoms with Gasteiger partial charge in [-0.05, 0) is 42.0 Å². The van der Waals surface area contributed by atoms with Crippen LogP contribution in [0.4, 0.5) is 4.79 Å². The van der Waals surface area contributed by atoms with Crippen molar-refractivity contribution in [1.82, 2.24) is 15.5 Å². The van der Waals surface area contributed by atoms with Crippen LogP contribution in [0, 0.1) is 0 Å². The number of hydrogen-bond acceptors (Lipinski definition) is 5. The summed E-state index contributed by atoms with van der Waals surface area (Å²) in [6.07, 6.45) is -0.770. The van der Waals surface area contributed by atoms with Gasteiger partial charge < -0.3 is 15.2 Å². The fourth-order valence-corrected chi connectivity index (χ4v) is 2.28. The quantitative estimate of drug-likeness (QED) is 0.653. The van der Waals surface area contributed by atoms with Gasteiger partial charge in [-0.2, -0.15) is 5.10 Å². The van der Waals surface area contributed by atoms with E-state index in [4.69, 9.17) is 16.3 Å². The number of H-pyrrole nitrogens is 1. The molecule has 7 nitrogen and oxygen atoms in total. The highest BCUT2D eigenvalue weighted by atomic mass is 35.5. The van der Waals surface area contributed by atoms with Crippen molar-refractivity contribution in [3.05, 3.63) is 75.5 Å². The van der Waals surface area contributed by atoms with Crippen LogP contribution in [0.5, 0.6) is 11.5 Å². The monoisotopic (exact) mass is 371 g/mol. The lowest BCUT2D eigenvalue weighted by molar-refractivity contribution is 0.199. The summed E-state index contributed by atoms with van der Waals surface area (Å²) in [5.74, 6) is -0.0760. The van der Waals surface area contributed by atoms with Crippen LogP contribution >= 0.6 is 11.6 Å². The topological polar surface area (TPSA) is 104 Å². The van der Waals surface area contributed by atoms with Crippen LogP contribution in [0.3, 0.4) is 0 Å². The number of hydrogen-bond donors (Lipinski definition) is 3. The molecule has 0 saturated carbocycles. The number of amides is 1. The van der Waals surface area contributed by atoms with Crippen molar-refractivity contribution in [2.45, 2.75) is 6.54 Å². The minimum atomic E-state index is -0.770. The fraction of sp³-hybridized carbons (Fsp3) is 0.0556. The summed E-state index contributed by atoms with van der Waals surface area (Å²) in [7, 11) is 0. The Hall–Kier alpha value is -3.32. The Balaban J connectivity index is 1.69. The van der Waals surface area contributed by atoms with Gasteiger partial charge in [0.1, 0.15) is 5.75 Å². The highest BCUT2D eigenvalue weighted by Crippen LogP contribution is 2.21. The Morgan fingerprint density at radius 2 is 1.85 bits per heavy atom. The zero-order valence-electron chi connectivity index (χ0n) is 13.4. The number of phenolic OH excluding ortho intramolecular Hbond substituents is 1. The molecule has 0 fully saturated rings. The minimum absolute atomic E-state index is 0.108. The van der Waals surface area contributed by atoms with Crippen molar-refractivity contribution in [1.29, 1.82) is 0 Å². The van der Waals surface area contributed by atoms with Crippen molar-refractivity contribution >= 4 is 17.7 Å². The molecule has 0 bridgehead atoms. The van der Waals surface area contributed by atoms with Gasteiger partial charge in [-0.3, -0.25) is 4.79 Å². The van der Waals surface area contributed by atoms with E-state index in [-0.39, 0.29) is 18.0 Å². The van der Waals surface area contributed by atoms with Crippen LogP contribution in [0.15, 0.2) is 59.4 Å². The van der Waals surface area contributed by atoms with Gasteiger partial charge in [0.05, 0.1) is 5.69 Å². The van der Waals surface area contributed by atoms with E-state index in [9.17, 15) is 14.7 Å². The lowest BCUT2D eigenvalue weighted by atomic mass is 10.1. The third kappa shape index (κ3) is 4.40. The van der Waals surface area contributed by atoms with E-state index < -0.39 is 11.7 Å². The zero-order chi connectivity index (χ0) is 18.5.